The van der Waals surface area contributed by atoms with Gasteiger partial charge in [0, 0.05) is 37.4 Å². The molecule has 1 rings (SSSR count). The molecule has 17 heavy (non-hydrogen) atoms. The number of aromatic nitrogens is 2. The van der Waals surface area contributed by atoms with Crippen LogP contribution in [-0.4, -0.2) is 38.6 Å². The average molecular weight is 261 g/mol. The van der Waals surface area contributed by atoms with Gasteiger partial charge in [0.25, 0.3) is 0 Å². The largest absolute Gasteiger partial charge is 0.480 e. The first-order valence-corrected chi connectivity index (χ1v) is 5.28. The molecule has 1 aromatic heterocycles. The number of nitrogens with two attached hydrogens (primary N) is 1. The lowest BCUT2D eigenvalue weighted by molar-refractivity contribution is -0.141. The highest BCUT2D eigenvalue weighted by Gasteiger charge is 2.21. The van der Waals surface area contributed by atoms with E-state index in [-0.39, 0.29) is 19.4 Å². The summed E-state index contributed by atoms with van der Waals surface area (Å²) < 4.78 is 1.19. The molecule has 1 amide bonds. The zero-order valence-electron chi connectivity index (χ0n) is 8.97. The molecule has 7 nitrogen and oxygen atoms in total. The fourth-order valence-electron chi connectivity index (χ4n) is 1.25. The van der Waals surface area contributed by atoms with Gasteiger partial charge in [-0.2, -0.15) is 0 Å². The Hall–Kier alpha value is -1.60. The van der Waals surface area contributed by atoms with Crippen LogP contribution >= 0.6 is 11.8 Å². The second kappa shape index (κ2) is 6.21. The highest BCUT2D eigenvalue weighted by atomic mass is 35.5. The van der Waals surface area contributed by atoms with Crippen molar-refractivity contribution in [3.8, 4) is 0 Å². The number of amides is 1. The number of carboxylic acids is 1. The van der Waals surface area contributed by atoms with Gasteiger partial charge in [-0.1, -0.05) is 0 Å². The Kier molecular flexibility index (Phi) is 4.92. The third kappa shape index (κ3) is 4.41. The maximum absolute atomic E-state index is 11.2. The molecule has 0 saturated carbocycles. The summed E-state index contributed by atoms with van der Waals surface area (Å²) >= 11 is 5.58. The van der Waals surface area contributed by atoms with E-state index in [0.29, 0.717) is 5.69 Å². The van der Waals surface area contributed by atoms with Gasteiger partial charge < -0.3 is 16.2 Å². The minimum absolute atomic E-state index is 0.0748. The van der Waals surface area contributed by atoms with Crippen molar-refractivity contribution >= 4 is 23.7 Å². The van der Waals surface area contributed by atoms with Crippen molar-refractivity contribution in [1.82, 2.24) is 14.4 Å². The number of carbonyl (C=O) groups excluding carboxylic acids is 1. The maximum Gasteiger partial charge on any atom is 0.326 e. The predicted octanol–water partition coefficient (Wildman–Crippen LogP) is -0.654. The second-order valence-corrected chi connectivity index (χ2v) is 3.80. The molecule has 0 aromatic carbocycles. The highest BCUT2D eigenvalue weighted by molar-refractivity contribution is 6.15. The number of halogens is 1. The molecular formula is C9H13ClN4O3. The highest BCUT2D eigenvalue weighted by Crippen LogP contribution is 2.02. The van der Waals surface area contributed by atoms with E-state index in [4.69, 9.17) is 22.6 Å². The van der Waals surface area contributed by atoms with Gasteiger partial charge in [-0.25, -0.2) is 13.9 Å². The smallest absolute Gasteiger partial charge is 0.326 e. The van der Waals surface area contributed by atoms with Gasteiger partial charge >= 0.3 is 5.97 Å². The molecule has 0 spiro atoms. The lowest BCUT2D eigenvalue weighted by Crippen LogP contribution is -2.42. The van der Waals surface area contributed by atoms with E-state index in [1.165, 1.54) is 16.6 Å². The van der Waals surface area contributed by atoms with Crippen LogP contribution in [0.4, 0.5) is 0 Å². The zero-order chi connectivity index (χ0) is 12.8. The van der Waals surface area contributed by atoms with E-state index in [2.05, 4.69) is 10.3 Å². The Morgan fingerprint density at radius 3 is 2.82 bits per heavy atom. The van der Waals surface area contributed by atoms with Crippen molar-refractivity contribution in [1.29, 1.82) is 0 Å². The van der Waals surface area contributed by atoms with E-state index < -0.39 is 17.9 Å². The van der Waals surface area contributed by atoms with Gasteiger partial charge in [0.15, 0.2) is 0 Å². The standard InChI is InChI=1S/C9H13ClN4O3/c10-14-4-6(12-5-14)3-7(9(16)17)13-8(15)1-2-11/h4-5,7H,1-3,11H2,(H,13,15)(H,16,17). The summed E-state index contributed by atoms with van der Waals surface area (Å²) in [7, 11) is 0. The number of nitrogens with one attached hydrogen (secondary N) is 1. The number of hydrogen-bond acceptors (Lipinski definition) is 4. The van der Waals surface area contributed by atoms with E-state index in [9.17, 15) is 9.59 Å². The van der Waals surface area contributed by atoms with Crippen molar-refractivity contribution in [2.45, 2.75) is 18.9 Å². The number of hydrogen-bond donors (Lipinski definition) is 3. The predicted molar refractivity (Wildman–Crippen MR) is 60.4 cm³/mol. The van der Waals surface area contributed by atoms with Crippen LogP contribution < -0.4 is 11.1 Å². The Labute approximate surface area is 103 Å². The van der Waals surface area contributed by atoms with Crippen molar-refractivity contribution in [3.63, 3.8) is 0 Å². The van der Waals surface area contributed by atoms with Crippen molar-refractivity contribution in [3.05, 3.63) is 18.2 Å². The van der Waals surface area contributed by atoms with E-state index in [1.54, 1.807) is 0 Å². The van der Waals surface area contributed by atoms with Crippen LogP contribution in [0, 0.1) is 0 Å². The van der Waals surface area contributed by atoms with Gasteiger partial charge in [0.1, 0.15) is 12.4 Å². The number of rotatable bonds is 6. The summed E-state index contributed by atoms with van der Waals surface area (Å²) in [5, 5.41) is 11.3. The Morgan fingerprint density at radius 2 is 2.35 bits per heavy atom. The monoisotopic (exact) mass is 260 g/mol. The zero-order valence-corrected chi connectivity index (χ0v) is 9.72. The molecule has 1 heterocycles. The number of nitrogens with zero attached hydrogens (tertiary/aromatic N) is 2. The minimum Gasteiger partial charge on any atom is -0.480 e. The number of aliphatic carboxylic acids is 1. The number of imidazole rings is 1. The average Bonchev–Trinajstić information content (AvgIpc) is 2.63. The summed E-state index contributed by atoms with van der Waals surface area (Å²) in [6.07, 6.45) is 2.99. The van der Waals surface area contributed by atoms with E-state index in [1.807, 2.05) is 0 Å². The molecule has 0 aliphatic carbocycles. The van der Waals surface area contributed by atoms with E-state index in [0.717, 1.165) is 0 Å². The molecule has 0 aliphatic rings. The molecule has 1 aromatic rings. The molecule has 0 saturated heterocycles. The van der Waals surface area contributed by atoms with Crippen LogP contribution in [0.2, 0.25) is 0 Å². The summed E-state index contributed by atoms with van der Waals surface area (Å²) in [5.41, 5.74) is 5.68. The molecule has 0 fully saturated rings. The van der Waals surface area contributed by atoms with Crippen LogP contribution in [0.5, 0.6) is 0 Å². The number of carbonyl (C=O) groups is 2. The quantitative estimate of drug-likeness (QED) is 0.629. The molecule has 0 bridgehead atoms. The van der Waals surface area contributed by atoms with Gasteiger partial charge in [-0.05, 0) is 0 Å². The lowest BCUT2D eigenvalue weighted by Gasteiger charge is -2.12. The maximum atomic E-state index is 11.2. The van der Waals surface area contributed by atoms with Crippen LogP contribution in [0.15, 0.2) is 12.5 Å². The van der Waals surface area contributed by atoms with Crippen molar-refractivity contribution < 1.29 is 14.7 Å². The molecular weight excluding hydrogens is 248 g/mol. The number of carboxylic acid groups (broad SMARTS) is 1. The minimum atomic E-state index is -1.13. The first-order valence-electron chi connectivity index (χ1n) is 4.94. The summed E-state index contributed by atoms with van der Waals surface area (Å²) in [5.74, 6) is -1.52. The molecule has 8 heteroatoms. The van der Waals surface area contributed by atoms with Crippen molar-refractivity contribution in [2.24, 2.45) is 5.73 Å². The molecule has 4 N–H and O–H groups in total. The van der Waals surface area contributed by atoms with Gasteiger partial charge in [-0.3, -0.25) is 4.79 Å². The fourth-order valence-corrected chi connectivity index (χ4v) is 1.41. The normalized spacial score (nSPS) is 12.1. The molecule has 1 unspecified atom stereocenters. The van der Waals surface area contributed by atoms with Gasteiger partial charge in [-0.15, -0.1) is 0 Å². The lowest BCUT2D eigenvalue weighted by atomic mass is 10.1. The topological polar surface area (TPSA) is 110 Å². The Morgan fingerprint density at radius 1 is 1.65 bits per heavy atom. The molecule has 94 valence electrons. The first-order chi connectivity index (χ1) is 8.02. The summed E-state index contributed by atoms with van der Waals surface area (Å²) in [6.45, 7) is 0.175. The Bertz CT molecular complexity index is 407. The fraction of sp³-hybridized carbons (Fsp3) is 0.444. The van der Waals surface area contributed by atoms with Gasteiger partial charge in [0.2, 0.25) is 5.91 Å². The first kappa shape index (κ1) is 13.5. The summed E-state index contributed by atoms with van der Waals surface area (Å²) in [4.78, 5) is 26.1. The summed E-state index contributed by atoms with van der Waals surface area (Å²) in [6, 6.07) is -1.03. The third-order valence-electron chi connectivity index (χ3n) is 2.02. The van der Waals surface area contributed by atoms with E-state index >= 15 is 0 Å². The third-order valence-corrected chi connectivity index (χ3v) is 2.21. The van der Waals surface area contributed by atoms with Gasteiger partial charge in [0.05, 0.1) is 5.69 Å². The van der Waals surface area contributed by atoms with Crippen LogP contribution in [0.25, 0.3) is 0 Å². The SMILES string of the molecule is NCCC(=O)NC(Cc1cn(Cl)cn1)C(=O)O. The van der Waals surface area contributed by atoms with Crippen LogP contribution in [-0.2, 0) is 16.0 Å². The Balaban J connectivity index is 2.60. The van der Waals surface area contributed by atoms with Crippen LogP contribution in [0.3, 0.4) is 0 Å². The molecule has 0 radical (unpaired) electrons. The van der Waals surface area contributed by atoms with Crippen molar-refractivity contribution in [2.75, 3.05) is 6.54 Å². The second-order valence-electron chi connectivity index (χ2n) is 3.41. The molecule has 1 atom stereocenters. The molecule has 0 aliphatic heterocycles. The van der Waals surface area contributed by atoms with Crippen LogP contribution in [0.1, 0.15) is 12.1 Å².